The molecule has 0 spiro atoms. The number of rotatable bonds is 7. The summed E-state index contributed by atoms with van der Waals surface area (Å²) in [6.07, 6.45) is 1.52. The van der Waals surface area contributed by atoms with Crippen LogP contribution in [0.15, 0.2) is 53.5 Å². The van der Waals surface area contributed by atoms with Gasteiger partial charge in [0, 0.05) is 25.2 Å². The van der Waals surface area contributed by atoms with Crippen molar-refractivity contribution in [3.8, 4) is 0 Å². The number of carbonyl (C=O) groups excluding carboxylic acids is 2. The van der Waals surface area contributed by atoms with Crippen LogP contribution in [0.3, 0.4) is 0 Å². The lowest BCUT2D eigenvalue weighted by atomic mass is 10.1. The zero-order valence-corrected chi connectivity index (χ0v) is 17.4. The van der Waals surface area contributed by atoms with Crippen LogP contribution in [-0.4, -0.2) is 42.8 Å². The smallest absolute Gasteiger partial charge is 0.261 e. The molecule has 0 aliphatic carbocycles. The maximum absolute atomic E-state index is 12.4. The molecule has 0 fully saturated rings. The molecule has 2 amide bonds. The summed E-state index contributed by atoms with van der Waals surface area (Å²) < 4.78 is 0. The second kappa shape index (κ2) is 9.56. The summed E-state index contributed by atoms with van der Waals surface area (Å²) in [7, 11) is 1.72. The van der Waals surface area contributed by atoms with Gasteiger partial charge in [-0.2, -0.15) is 0 Å². The molecule has 0 saturated heterocycles. The highest BCUT2D eigenvalue weighted by Crippen LogP contribution is 2.23. The Hall–Kier alpha value is -2.86. The number of benzene rings is 2. The summed E-state index contributed by atoms with van der Waals surface area (Å²) in [6, 6.07) is 14.7. The molecule has 0 saturated carbocycles. The van der Waals surface area contributed by atoms with Gasteiger partial charge < -0.3 is 10.6 Å². The average molecular weight is 413 g/mol. The Labute approximate surface area is 176 Å². The van der Waals surface area contributed by atoms with Crippen molar-refractivity contribution >= 4 is 29.4 Å². The lowest BCUT2D eigenvalue weighted by Gasteiger charge is -2.19. The van der Waals surface area contributed by atoms with E-state index >= 15 is 0 Å². The van der Waals surface area contributed by atoms with Crippen molar-refractivity contribution in [3.05, 3.63) is 70.2 Å². The second-order valence-electron chi connectivity index (χ2n) is 6.90. The molecule has 29 heavy (non-hydrogen) atoms. The zero-order valence-electron chi connectivity index (χ0n) is 16.6. The zero-order chi connectivity index (χ0) is 20.8. The summed E-state index contributed by atoms with van der Waals surface area (Å²) >= 11 is 6.25. The lowest BCUT2D eigenvalue weighted by Crippen LogP contribution is -2.39. The molecule has 152 valence electrons. The van der Waals surface area contributed by atoms with Gasteiger partial charge in [0.25, 0.3) is 11.8 Å². The van der Waals surface area contributed by atoms with Crippen LogP contribution in [0.5, 0.6) is 0 Å². The van der Waals surface area contributed by atoms with E-state index in [1.807, 2.05) is 31.2 Å². The van der Waals surface area contributed by atoms with Gasteiger partial charge in [0.2, 0.25) is 0 Å². The molecule has 0 aromatic heterocycles. The summed E-state index contributed by atoms with van der Waals surface area (Å²) in [4.78, 5) is 30.3. The van der Waals surface area contributed by atoms with Crippen LogP contribution in [-0.2, 0) is 0 Å². The van der Waals surface area contributed by atoms with Crippen molar-refractivity contribution in [1.82, 2.24) is 15.5 Å². The van der Waals surface area contributed by atoms with Gasteiger partial charge in [-0.15, -0.1) is 0 Å². The summed E-state index contributed by atoms with van der Waals surface area (Å²) in [5.74, 6) is 0.271. The summed E-state index contributed by atoms with van der Waals surface area (Å²) in [6.45, 7) is 3.12. The molecular formula is C22H25ClN4O2. The molecule has 1 aliphatic heterocycles. The number of halogens is 1. The first-order valence-electron chi connectivity index (χ1n) is 9.69. The highest BCUT2D eigenvalue weighted by Gasteiger charge is 2.34. The average Bonchev–Trinajstić information content (AvgIpc) is 2.97. The van der Waals surface area contributed by atoms with Crippen molar-refractivity contribution in [2.24, 2.45) is 4.99 Å². The van der Waals surface area contributed by atoms with Gasteiger partial charge >= 0.3 is 0 Å². The number of hydrogen-bond acceptors (Lipinski definition) is 3. The predicted octanol–water partition coefficient (Wildman–Crippen LogP) is 3.64. The van der Waals surface area contributed by atoms with Gasteiger partial charge in [-0.1, -0.05) is 41.9 Å². The largest absolute Gasteiger partial charge is 0.356 e. The summed E-state index contributed by atoms with van der Waals surface area (Å²) in [5.41, 5.74) is 1.99. The third-order valence-corrected chi connectivity index (χ3v) is 5.27. The lowest BCUT2D eigenvalue weighted by molar-refractivity contribution is 0.0652. The minimum atomic E-state index is -0.204. The molecule has 3 rings (SSSR count). The number of hydrogen-bond donors (Lipinski definition) is 2. The van der Waals surface area contributed by atoms with E-state index in [-0.39, 0.29) is 17.9 Å². The Bertz CT molecular complexity index is 894. The quantitative estimate of drug-likeness (QED) is 0.315. The number of aliphatic imine (C=N–C) groups is 1. The molecule has 1 atom stereocenters. The number of fused-ring (bicyclic) bond motifs is 1. The number of imide groups is 1. The highest BCUT2D eigenvalue weighted by atomic mass is 35.5. The Morgan fingerprint density at radius 3 is 2.28 bits per heavy atom. The van der Waals surface area contributed by atoms with Crippen molar-refractivity contribution in [2.45, 2.75) is 25.8 Å². The fourth-order valence-corrected chi connectivity index (χ4v) is 3.65. The van der Waals surface area contributed by atoms with Gasteiger partial charge in [-0.05, 0) is 43.5 Å². The van der Waals surface area contributed by atoms with Gasteiger partial charge in [0.1, 0.15) is 0 Å². The van der Waals surface area contributed by atoms with Crippen LogP contribution in [0.1, 0.15) is 52.1 Å². The number of unbranched alkanes of at least 4 members (excludes halogenated alkanes) is 1. The normalized spacial score (nSPS) is 14.7. The first-order chi connectivity index (χ1) is 14.0. The van der Waals surface area contributed by atoms with Crippen LogP contribution < -0.4 is 10.6 Å². The van der Waals surface area contributed by atoms with E-state index in [1.54, 1.807) is 31.3 Å². The van der Waals surface area contributed by atoms with Gasteiger partial charge in [-0.3, -0.25) is 19.5 Å². The number of guanidine groups is 1. The number of nitrogens with one attached hydrogen (secondary N) is 2. The van der Waals surface area contributed by atoms with Crippen molar-refractivity contribution in [1.29, 1.82) is 0 Å². The first kappa shape index (κ1) is 20.9. The Morgan fingerprint density at radius 1 is 1.03 bits per heavy atom. The van der Waals surface area contributed by atoms with Crippen molar-refractivity contribution in [3.63, 3.8) is 0 Å². The summed E-state index contributed by atoms with van der Waals surface area (Å²) in [5, 5.41) is 7.29. The van der Waals surface area contributed by atoms with Crippen LogP contribution >= 0.6 is 11.6 Å². The van der Waals surface area contributed by atoms with E-state index in [0.29, 0.717) is 35.2 Å². The number of nitrogens with zero attached hydrogens (tertiary/aromatic N) is 2. The van der Waals surface area contributed by atoms with E-state index in [4.69, 9.17) is 11.6 Å². The molecule has 7 heteroatoms. The van der Waals surface area contributed by atoms with Gasteiger partial charge in [0.05, 0.1) is 17.2 Å². The van der Waals surface area contributed by atoms with Crippen LogP contribution in [0.25, 0.3) is 0 Å². The maximum atomic E-state index is 12.4. The molecule has 2 N–H and O–H groups in total. The molecule has 6 nitrogen and oxygen atoms in total. The van der Waals surface area contributed by atoms with E-state index in [0.717, 1.165) is 18.4 Å². The second-order valence-corrected chi connectivity index (χ2v) is 7.31. The molecule has 1 aliphatic rings. The van der Waals surface area contributed by atoms with Crippen LogP contribution in [0.4, 0.5) is 0 Å². The van der Waals surface area contributed by atoms with Crippen LogP contribution in [0, 0.1) is 0 Å². The number of amides is 2. The minimum absolute atomic E-state index is 0.00764. The molecule has 2 aromatic carbocycles. The molecule has 1 unspecified atom stereocenters. The molecule has 0 bridgehead atoms. The molecule has 1 heterocycles. The Morgan fingerprint density at radius 2 is 1.66 bits per heavy atom. The van der Waals surface area contributed by atoms with E-state index < -0.39 is 0 Å². The van der Waals surface area contributed by atoms with Gasteiger partial charge in [-0.25, -0.2) is 0 Å². The van der Waals surface area contributed by atoms with Crippen molar-refractivity contribution in [2.75, 3.05) is 20.1 Å². The standard InChI is InChI=1S/C22H25ClN4O2/c1-15(16-9-5-6-12-19(16)23)26-22(24-2)25-13-7-8-14-27-20(28)17-10-3-4-11-18(17)21(27)29/h3-6,9-12,15H,7-8,13-14H2,1-2H3,(H2,24,25,26). The van der Waals surface area contributed by atoms with Crippen LogP contribution in [0.2, 0.25) is 5.02 Å². The predicted molar refractivity (Wildman–Crippen MR) is 115 cm³/mol. The van der Waals surface area contributed by atoms with Gasteiger partial charge in [0.15, 0.2) is 5.96 Å². The maximum Gasteiger partial charge on any atom is 0.261 e. The first-order valence-corrected chi connectivity index (χ1v) is 10.1. The minimum Gasteiger partial charge on any atom is -0.356 e. The van der Waals surface area contributed by atoms with Crippen molar-refractivity contribution < 1.29 is 9.59 Å². The Kier molecular flexibility index (Phi) is 6.88. The number of carbonyl (C=O) groups is 2. The molecule has 0 radical (unpaired) electrons. The fraction of sp³-hybridized carbons (Fsp3) is 0.318. The van der Waals surface area contributed by atoms with E-state index in [9.17, 15) is 9.59 Å². The monoisotopic (exact) mass is 412 g/mol. The van der Waals surface area contributed by atoms with E-state index in [2.05, 4.69) is 15.6 Å². The third-order valence-electron chi connectivity index (χ3n) is 4.93. The van der Waals surface area contributed by atoms with E-state index in [1.165, 1.54) is 4.90 Å². The Balaban J connectivity index is 1.43. The molecular weight excluding hydrogens is 388 g/mol. The third kappa shape index (κ3) is 4.77. The molecule has 2 aromatic rings. The fourth-order valence-electron chi connectivity index (χ4n) is 3.35. The highest BCUT2D eigenvalue weighted by molar-refractivity contribution is 6.31. The SMILES string of the molecule is CN=C(NCCCCN1C(=O)c2ccccc2C1=O)NC(C)c1ccccc1Cl. The topological polar surface area (TPSA) is 73.8 Å².